The van der Waals surface area contributed by atoms with Crippen molar-refractivity contribution in [2.75, 3.05) is 7.11 Å². The molecule has 72 valence electrons. The summed E-state index contributed by atoms with van der Waals surface area (Å²) in [5.41, 5.74) is 6.82. The van der Waals surface area contributed by atoms with Gasteiger partial charge in [-0.3, -0.25) is 0 Å². The van der Waals surface area contributed by atoms with Gasteiger partial charge in [0.25, 0.3) is 0 Å². The fourth-order valence-corrected chi connectivity index (χ4v) is 1.62. The lowest BCUT2D eigenvalue weighted by molar-refractivity contribution is 0.415. The molecule has 2 rings (SSSR count). The Balaban J connectivity index is 2.70. The number of benzene rings is 2. The van der Waals surface area contributed by atoms with Crippen molar-refractivity contribution < 1.29 is 4.74 Å². The lowest BCUT2D eigenvalue weighted by atomic mass is 10.0. The van der Waals surface area contributed by atoms with Gasteiger partial charge in [-0.15, -0.1) is 0 Å². The van der Waals surface area contributed by atoms with E-state index in [0.29, 0.717) is 6.54 Å². The Hall–Kier alpha value is -1.54. The fourth-order valence-electron chi connectivity index (χ4n) is 1.62. The molecule has 2 nitrogen and oxygen atoms in total. The van der Waals surface area contributed by atoms with Crippen molar-refractivity contribution in [3.63, 3.8) is 0 Å². The molecule has 14 heavy (non-hydrogen) atoms. The fraction of sp³-hybridized carbons (Fsp3) is 0.167. The van der Waals surface area contributed by atoms with E-state index in [1.807, 2.05) is 30.3 Å². The summed E-state index contributed by atoms with van der Waals surface area (Å²) in [4.78, 5) is 0. The first-order valence-corrected chi connectivity index (χ1v) is 4.61. The monoisotopic (exact) mass is 187 g/mol. The summed E-state index contributed by atoms with van der Waals surface area (Å²) in [6, 6.07) is 12.2. The molecule has 0 aliphatic carbocycles. The number of methoxy groups -OCH3 is 1. The largest absolute Gasteiger partial charge is 0.497 e. The van der Waals surface area contributed by atoms with Crippen molar-refractivity contribution >= 4 is 10.8 Å². The Morgan fingerprint density at radius 3 is 2.79 bits per heavy atom. The summed E-state index contributed by atoms with van der Waals surface area (Å²) in [6.45, 7) is 0.560. The van der Waals surface area contributed by atoms with Gasteiger partial charge in [-0.1, -0.05) is 24.3 Å². The Bertz CT molecular complexity index is 451. The van der Waals surface area contributed by atoms with E-state index >= 15 is 0 Å². The molecule has 0 bridgehead atoms. The summed E-state index contributed by atoms with van der Waals surface area (Å²) in [5, 5.41) is 2.38. The minimum atomic E-state index is 0.560. The van der Waals surface area contributed by atoms with Crippen molar-refractivity contribution in [3.8, 4) is 5.75 Å². The predicted octanol–water partition coefficient (Wildman–Crippen LogP) is 2.31. The predicted molar refractivity (Wildman–Crippen MR) is 58.4 cm³/mol. The molecule has 0 spiro atoms. The smallest absolute Gasteiger partial charge is 0.119 e. The molecule has 0 atom stereocenters. The highest BCUT2D eigenvalue weighted by molar-refractivity contribution is 5.87. The average molecular weight is 187 g/mol. The SMILES string of the molecule is COc1ccc2cccc(CN)c2c1. The van der Waals surface area contributed by atoms with Gasteiger partial charge in [0, 0.05) is 6.54 Å². The lowest BCUT2D eigenvalue weighted by Gasteiger charge is -2.06. The maximum atomic E-state index is 5.67. The first-order valence-electron chi connectivity index (χ1n) is 4.61. The number of rotatable bonds is 2. The van der Waals surface area contributed by atoms with Gasteiger partial charge in [0.2, 0.25) is 0 Å². The van der Waals surface area contributed by atoms with E-state index in [4.69, 9.17) is 10.5 Å². The number of fused-ring (bicyclic) bond motifs is 1. The van der Waals surface area contributed by atoms with Gasteiger partial charge < -0.3 is 10.5 Å². The van der Waals surface area contributed by atoms with Gasteiger partial charge in [-0.2, -0.15) is 0 Å². The van der Waals surface area contributed by atoms with Crippen LogP contribution in [0.3, 0.4) is 0 Å². The van der Waals surface area contributed by atoms with Gasteiger partial charge in [-0.25, -0.2) is 0 Å². The zero-order valence-electron chi connectivity index (χ0n) is 8.16. The average Bonchev–Trinajstić information content (AvgIpc) is 2.27. The molecule has 2 aromatic carbocycles. The van der Waals surface area contributed by atoms with Crippen LogP contribution in [0.1, 0.15) is 5.56 Å². The molecule has 0 radical (unpaired) electrons. The third-order valence-corrected chi connectivity index (χ3v) is 2.40. The van der Waals surface area contributed by atoms with Crippen LogP contribution in [0.4, 0.5) is 0 Å². The Labute approximate surface area is 83.3 Å². The quantitative estimate of drug-likeness (QED) is 0.783. The topological polar surface area (TPSA) is 35.2 Å². The van der Waals surface area contributed by atoms with Crippen molar-refractivity contribution in [1.82, 2.24) is 0 Å². The molecule has 0 aliphatic rings. The number of nitrogens with two attached hydrogens (primary N) is 1. The zero-order chi connectivity index (χ0) is 9.97. The van der Waals surface area contributed by atoms with Crippen LogP contribution in [0, 0.1) is 0 Å². The number of ether oxygens (including phenoxy) is 1. The van der Waals surface area contributed by atoms with Crippen molar-refractivity contribution in [3.05, 3.63) is 42.0 Å². The first kappa shape index (κ1) is 9.03. The van der Waals surface area contributed by atoms with E-state index in [1.165, 1.54) is 10.8 Å². The third kappa shape index (κ3) is 1.44. The highest BCUT2D eigenvalue weighted by Gasteiger charge is 2.00. The minimum absolute atomic E-state index is 0.560. The molecule has 0 saturated heterocycles. The van der Waals surface area contributed by atoms with Crippen LogP contribution in [0.25, 0.3) is 10.8 Å². The van der Waals surface area contributed by atoms with Crippen LogP contribution in [0.5, 0.6) is 5.75 Å². The maximum absolute atomic E-state index is 5.67. The molecule has 2 heteroatoms. The Morgan fingerprint density at radius 1 is 1.21 bits per heavy atom. The molecule has 0 aromatic heterocycles. The summed E-state index contributed by atoms with van der Waals surface area (Å²) in [6.07, 6.45) is 0. The van der Waals surface area contributed by atoms with Crippen molar-refractivity contribution in [2.24, 2.45) is 5.73 Å². The van der Waals surface area contributed by atoms with Gasteiger partial charge in [-0.05, 0) is 28.5 Å². The second-order valence-corrected chi connectivity index (χ2v) is 3.21. The van der Waals surface area contributed by atoms with E-state index in [-0.39, 0.29) is 0 Å². The molecule has 0 aliphatic heterocycles. The molecule has 0 heterocycles. The van der Waals surface area contributed by atoms with Gasteiger partial charge in [0.15, 0.2) is 0 Å². The van der Waals surface area contributed by atoms with Crippen LogP contribution in [0.15, 0.2) is 36.4 Å². The minimum Gasteiger partial charge on any atom is -0.497 e. The number of hydrogen-bond donors (Lipinski definition) is 1. The first-order chi connectivity index (χ1) is 6.85. The second kappa shape index (κ2) is 3.68. The van der Waals surface area contributed by atoms with E-state index in [2.05, 4.69) is 6.07 Å². The highest BCUT2D eigenvalue weighted by atomic mass is 16.5. The highest BCUT2D eigenvalue weighted by Crippen LogP contribution is 2.23. The lowest BCUT2D eigenvalue weighted by Crippen LogP contribution is -1.97. The Kier molecular flexibility index (Phi) is 2.37. The van der Waals surface area contributed by atoms with Crippen LogP contribution in [-0.4, -0.2) is 7.11 Å². The molecule has 0 fully saturated rings. The maximum Gasteiger partial charge on any atom is 0.119 e. The van der Waals surface area contributed by atoms with Crippen LogP contribution in [0.2, 0.25) is 0 Å². The van der Waals surface area contributed by atoms with Gasteiger partial charge in [0.05, 0.1) is 7.11 Å². The molecule has 0 unspecified atom stereocenters. The van der Waals surface area contributed by atoms with Gasteiger partial charge in [0.1, 0.15) is 5.75 Å². The molecule has 0 saturated carbocycles. The summed E-state index contributed by atoms with van der Waals surface area (Å²) in [7, 11) is 1.67. The molecule has 2 aromatic rings. The molecule has 2 N–H and O–H groups in total. The molecule has 0 amide bonds. The van der Waals surface area contributed by atoms with E-state index in [9.17, 15) is 0 Å². The van der Waals surface area contributed by atoms with Crippen molar-refractivity contribution in [2.45, 2.75) is 6.54 Å². The number of hydrogen-bond acceptors (Lipinski definition) is 2. The summed E-state index contributed by atoms with van der Waals surface area (Å²) < 4.78 is 5.18. The van der Waals surface area contributed by atoms with E-state index in [1.54, 1.807) is 7.11 Å². The summed E-state index contributed by atoms with van der Waals surface area (Å²) >= 11 is 0. The van der Waals surface area contributed by atoms with Crippen molar-refractivity contribution in [1.29, 1.82) is 0 Å². The normalized spacial score (nSPS) is 10.4. The van der Waals surface area contributed by atoms with Crippen LogP contribution in [-0.2, 0) is 6.54 Å². The molecular weight excluding hydrogens is 174 g/mol. The van der Waals surface area contributed by atoms with E-state index < -0.39 is 0 Å². The standard InChI is InChI=1S/C12H13NO/c1-14-11-6-5-9-3-2-4-10(8-13)12(9)7-11/h2-7H,8,13H2,1H3. The zero-order valence-corrected chi connectivity index (χ0v) is 8.16. The van der Waals surface area contributed by atoms with Crippen LogP contribution >= 0.6 is 0 Å². The molecular formula is C12H13NO. The third-order valence-electron chi connectivity index (χ3n) is 2.40. The Morgan fingerprint density at radius 2 is 2.07 bits per heavy atom. The second-order valence-electron chi connectivity index (χ2n) is 3.21. The van der Waals surface area contributed by atoms with Crippen LogP contribution < -0.4 is 10.5 Å². The summed E-state index contributed by atoms with van der Waals surface area (Å²) in [5.74, 6) is 0.874. The van der Waals surface area contributed by atoms with E-state index in [0.717, 1.165) is 11.3 Å². The van der Waals surface area contributed by atoms with Gasteiger partial charge >= 0.3 is 0 Å².